The summed E-state index contributed by atoms with van der Waals surface area (Å²) in [6, 6.07) is 0. The van der Waals surface area contributed by atoms with Crippen LogP contribution >= 0.6 is 0 Å². The number of nitrogens with zero attached hydrogens (tertiary/aromatic N) is 3. The molecule has 1 aromatic rings. The highest BCUT2D eigenvalue weighted by Crippen LogP contribution is 2.37. The highest BCUT2D eigenvalue weighted by molar-refractivity contribution is 6.74. The lowest BCUT2D eigenvalue weighted by molar-refractivity contribution is 0.265. The molecule has 0 bridgehead atoms. The summed E-state index contributed by atoms with van der Waals surface area (Å²) in [4.78, 5) is 0. The molecule has 0 radical (unpaired) electrons. The molecule has 0 aromatic carbocycles. The Labute approximate surface area is 105 Å². The summed E-state index contributed by atoms with van der Waals surface area (Å²) in [7, 11) is 0.239. The molecule has 0 N–H and O–H groups in total. The molecule has 0 atom stereocenters. The fourth-order valence-corrected chi connectivity index (χ4v) is 2.27. The summed E-state index contributed by atoms with van der Waals surface area (Å²) in [6.07, 6.45) is 0.907. The first kappa shape index (κ1) is 14.4. The van der Waals surface area contributed by atoms with Crippen LogP contribution in [-0.4, -0.2) is 23.3 Å². The summed E-state index contributed by atoms with van der Waals surface area (Å²) >= 11 is 0. The smallest absolute Gasteiger partial charge is 0.192 e. The van der Waals surface area contributed by atoms with Gasteiger partial charge in [-0.2, -0.15) is 0 Å². The zero-order valence-corrected chi connectivity index (χ0v) is 13.2. The minimum atomic E-state index is -1.69. The van der Waals surface area contributed by atoms with Gasteiger partial charge in [0.15, 0.2) is 8.32 Å². The monoisotopic (exact) mass is 255 g/mol. The molecule has 0 aliphatic heterocycles. The number of rotatable bonds is 4. The van der Waals surface area contributed by atoms with Crippen LogP contribution in [0.3, 0.4) is 0 Å². The quantitative estimate of drug-likeness (QED) is 0.777. The van der Waals surface area contributed by atoms with Crippen LogP contribution in [0.2, 0.25) is 18.1 Å². The molecule has 17 heavy (non-hydrogen) atoms. The van der Waals surface area contributed by atoms with Crippen molar-refractivity contribution in [2.24, 2.45) is 7.05 Å². The SMILES string of the molecule is CCc1nnn(C)c1CO[Si](C)(C)C(C)(C)C. The minimum Gasteiger partial charge on any atom is -0.411 e. The van der Waals surface area contributed by atoms with E-state index in [0.717, 1.165) is 17.8 Å². The van der Waals surface area contributed by atoms with Gasteiger partial charge in [0.05, 0.1) is 18.0 Å². The van der Waals surface area contributed by atoms with Crippen molar-refractivity contribution in [1.82, 2.24) is 15.0 Å². The highest BCUT2D eigenvalue weighted by atomic mass is 28.4. The lowest BCUT2D eigenvalue weighted by Crippen LogP contribution is -2.40. The average molecular weight is 255 g/mol. The largest absolute Gasteiger partial charge is 0.411 e. The first-order valence-electron chi connectivity index (χ1n) is 6.20. The van der Waals surface area contributed by atoms with Crippen molar-refractivity contribution in [3.8, 4) is 0 Å². The van der Waals surface area contributed by atoms with Crippen LogP contribution in [0.15, 0.2) is 0 Å². The molecule has 0 saturated carbocycles. The third kappa shape index (κ3) is 3.16. The van der Waals surface area contributed by atoms with Crippen LogP contribution in [0, 0.1) is 0 Å². The average Bonchev–Trinajstić information content (AvgIpc) is 2.54. The van der Waals surface area contributed by atoms with Crippen molar-refractivity contribution in [1.29, 1.82) is 0 Å². The van der Waals surface area contributed by atoms with Gasteiger partial charge in [-0.15, -0.1) is 5.10 Å². The van der Waals surface area contributed by atoms with Crippen molar-refractivity contribution in [3.05, 3.63) is 11.4 Å². The summed E-state index contributed by atoms with van der Waals surface area (Å²) < 4.78 is 8.03. The van der Waals surface area contributed by atoms with E-state index in [0.29, 0.717) is 6.61 Å². The molecule has 98 valence electrons. The van der Waals surface area contributed by atoms with Gasteiger partial charge in [-0.1, -0.05) is 32.9 Å². The number of aryl methyl sites for hydroxylation is 2. The van der Waals surface area contributed by atoms with E-state index in [-0.39, 0.29) is 5.04 Å². The first-order valence-corrected chi connectivity index (χ1v) is 9.11. The van der Waals surface area contributed by atoms with E-state index in [1.165, 1.54) is 0 Å². The van der Waals surface area contributed by atoms with Crippen LogP contribution in [0.25, 0.3) is 0 Å². The summed E-state index contributed by atoms with van der Waals surface area (Å²) in [6.45, 7) is 14.0. The van der Waals surface area contributed by atoms with Crippen LogP contribution in [0.1, 0.15) is 39.1 Å². The van der Waals surface area contributed by atoms with Gasteiger partial charge in [0.1, 0.15) is 0 Å². The molecule has 0 saturated heterocycles. The molecule has 0 unspecified atom stereocenters. The predicted octanol–water partition coefficient (Wildman–Crippen LogP) is 2.90. The fourth-order valence-electron chi connectivity index (χ4n) is 1.34. The lowest BCUT2D eigenvalue weighted by atomic mass is 10.2. The Morgan fingerprint density at radius 3 is 2.35 bits per heavy atom. The Bertz CT molecular complexity index is 380. The number of hydrogen-bond donors (Lipinski definition) is 0. The molecule has 5 heteroatoms. The van der Waals surface area contributed by atoms with Gasteiger partial charge in [0.25, 0.3) is 0 Å². The van der Waals surface area contributed by atoms with Crippen molar-refractivity contribution in [2.45, 2.75) is 58.9 Å². The number of hydrogen-bond acceptors (Lipinski definition) is 3. The third-order valence-corrected chi connectivity index (χ3v) is 8.21. The van der Waals surface area contributed by atoms with Crippen LogP contribution in [0.5, 0.6) is 0 Å². The topological polar surface area (TPSA) is 39.9 Å². The van der Waals surface area contributed by atoms with Crippen molar-refractivity contribution >= 4 is 8.32 Å². The van der Waals surface area contributed by atoms with Gasteiger partial charge in [0, 0.05) is 7.05 Å². The van der Waals surface area contributed by atoms with E-state index in [1.54, 1.807) is 0 Å². The molecule has 1 aromatic heterocycles. The summed E-state index contributed by atoms with van der Waals surface area (Å²) in [5.41, 5.74) is 2.16. The number of aromatic nitrogens is 3. The van der Waals surface area contributed by atoms with Crippen LogP contribution in [-0.2, 0) is 24.5 Å². The molecule has 0 aliphatic carbocycles. The van der Waals surface area contributed by atoms with E-state index in [2.05, 4.69) is 51.1 Å². The second-order valence-electron chi connectivity index (χ2n) is 6.01. The zero-order chi connectivity index (χ0) is 13.3. The summed E-state index contributed by atoms with van der Waals surface area (Å²) in [5.74, 6) is 0. The van der Waals surface area contributed by atoms with E-state index in [9.17, 15) is 0 Å². The Balaban J connectivity index is 2.77. The van der Waals surface area contributed by atoms with E-state index >= 15 is 0 Å². The van der Waals surface area contributed by atoms with Crippen molar-refractivity contribution < 1.29 is 4.43 Å². The van der Waals surface area contributed by atoms with Crippen molar-refractivity contribution in [3.63, 3.8) is 0 Å². The van der Waals surface area contributed by atoms with Gasteiger partial charge in [-0.05, 0) is 24.6 Å². The minimum absolute atomic E-state index is 0.241. The second kappa shape index (κ2) is 4.90. The molecule has 0 fully saturated rings. The standard InChI is InChI=1S/C12H25N3OSi/c1-8-10-11(15(5)14-13-10)9-16-17(6,7)12(2,3)4/h8-9H2,1-7H3. The van der Waals surface area contributed by atoms with Gasteiger partial charge in [-0.25, -0.2) is 4.68 Å². The molecule has 0 aliphatic rings. The van der Waals surface area contributed by atoms with E-state index < -0.39 is 8.32 Å². The van der Waals surface area contributed by atoms with Crippen LogP contribution < -0.4 is 0 Å². The Morgan fingerprint density at radius 2 is 1.88 bits per heavy atom. The Kier molecular flexibility index (Phi) is 4.14. The normalized spacial score (nSPS) is 13.1. The molecule has 0 spiro atoms. The second-order valence-corrected chi connectivity index (χ2v) is 10.8. The first-order chi connectivity index (χ1) is 7.69. The molecular formula is C12H25N3OSi. The molecule has 4 nitrogen and oxygen atoms in total. The predicted molar refractivity (Wildman–Crippen MR) is 72.4 cm³/mol. The maximum Gasteiger partial charge on any atom is 0.192 e. The lowest BCUT2D eigenvalue weighted by Gasteiger charge is -2.36. The maximum atomic E-state index is 6.20. The van der Waals surface area contributed by atoms with Crippen molar-refractivity contribution in [2.75, 3.05) is 0 Å². The van der Waals surface area contributed by atoms with Gasteiger partial charge < -0.3 is 4.43 Å². The highest BCUT2D eigenvalue weighted by Gasteiger charge is 2.37. The van der Waals surface area contributed by atoms with E-state index in [1.807, 2.05) is 11.7 Å². The molecule has 0 amide bonds. The summed E-state index contributed by atoms with van der Waals surface area (Å²) in [5, 5.41) is 8.44. The Morgan fingerprint density at radius 1 is 1.29 bits per heavy atom. The van der Waals surface area contributed by atoms with Crippen LogP contribution in [0.4, 0.5) is 0 Å². The van der Waals surface area contributed by atoms with Gasteiger partial charge in [-0.3, -0.25) is 0 Å². The van der Waals surface area contributed by atoms with Gasteiger partial charge in [0.2, 0.25) is 0 Å². The van der Waals surface area contributed by atoms with Gasteiger partial charge >= 0.3 is 0 Å². The van der Waals surface area contributed by atoms with E-state index in [4.69, 9.17) is 4.43 Å². The fraction of sp³-hybridized carbons (Fsp3) is 0.833. The zero-order valence-electron chi connectivity index (χ0n) is 12.2. The molecule has 1 heterocycles. The molecule has 1 rings (SSSR count). The third-order valence-electron chi connectivity index (χ3n) is 3.73. The molecular weight excluding hydrogens is 230 g/mol. The maximum absolute atomic E-state index is 6.20. The Hall–Kier alpha value is -0.683.